The number of hydrogen-bond donors (Lipinski definition) is 1. The minimum absolute atomic E-state index is 0.372. The molecular weight excluding hydrogens is 138 g/mol. The molecule has 0 aromatic rings. The summed E-state index contributed by atoms with van der Waals surface area (Å²) in [6, 6.07) is 0. The molecule has 50 valence electrons. The van der Waals surface area contributed by atoms with Gasteiger partial charge in [-0.15, -0.1) is 0 Å². The van der Waals surface area contributed by atoms with E-state index in [2.05, 4.69) is 24.0 Å². The Morgan fingerprint density at radius 1 is 2.00 bits per heavy atom. The Kier molecular flexibility index (Phi) is 5.42. The van der Waals surface area contributed by atoms with Gasteiger partial charge in [-0.05, 0) is 0 Å². The Morgan fingerprint density at radius 3 is 3.11 bits per heavy atom. The van der Waals surface area contributed by atoms with E-state index in [1.54, 1.807) is 6.92 Å². The fourth-order valence-corrected chi connectivity index (χ4v) is 0.337. The third kappa shape index (κ3) is 5.44. The molecule has 6 heteroatoms. The normalized spacial score (nSPS) is 8.67. The fourth-order valence-electron chi connectivity index (χ4n) is 0.263. The number of nitrogens with zero attached hydrogens (tertiary/aromatic N) is 1. The van der Waals surface area contributed by atoms with E-state index in [1.165, 1.54) is 7.21 Å². The molecule has 1 amide bonds. The number of amides is 1. The molecule has 0 aliphatic carbocycles. The van der Waals surface area contributed by atoms with Gasteiger partial charge >= 0.3 is 55.6 Å². The zero-order valence-electron chi connectivity index (χ0n) is 5.13. The van der Waals surface area contributed by atoms with Crippen molar-refractivity contribution in [3.63, 3.8) is 0 Å². The molecule has 0 heterocycles. The first-order valence-corrected chi connectivity index (χ1v) is 2.98. The number of ether oxygens (including phenoxy) is 1. The number of carbonyl (C=O) groups is 1. The molecule has 0 bridgehead atoms. The van der Waals surface area contributed by atoms with Crippen molar-refractivity contribution < 1.29 is 9.53 Å². The van der Waals surface area contributed by atoms with Crippen LogP contribution in [0.25, 0.3) is 0 Å². The molecule has 0 rings (SSSR count). The zero-order chi connectivity index (χ0) is 7.11. The second-order valence-corrected chi connectivity index (χ2v) is 1.44. The molecule has 1 atom stereocenters. The molecule has 9 heavy (non-hydrogen) atoms. The fraction of sp³-hybridized carbons (Fsp3) is 0.667. The molecule has 0 saturated heterocycles. The number of rotatable bonds is 2. The van der Waals surface area contributed by atoms with E-state index in [0.717, 1.165) is 0 Å². The van der Waals surface area contributed by atoms with E-state index in [4.69, 9.17) is 0 Å². The van der Waals surface area contributed by atoms with E-state index in [9.17, 15) is 4.79 Å². The third-order valence-electron chi connectivity index (χ3n) is 0.532. The average molecular weight is 146 g/mol. The van der Waals surface area contributed by atoms with Gasteiger partial charge in [0.2, 0.25) is 0 Å². The Balaban J connectivity index is 3.27. The predicted octanol–water partition coefficient (Wildman–Crippen LogP) is 0.325. The first kappa shape index (κ1) is 8.56. The maximum absolute atomic E-state index is 10.4. The van der Waals surface area contributed by atoms with Crippen LogP contribution >= 0.6 is 9.39 Å². The van der Waals surface area contributed by atoms with Crippen LogP contribution in [-0.2, 0) is 4.74 Å². The van der Waals surface area contributed by atoms with Crippen molar-refractivity contribution in [2.45, 2.75) is 6.92 Å². The van der Waals surface area contributed by atoms with Crippen molar-refractivity contribution in [2.75, 3.05) is 6.61 Å². The van der Waals surface area contributed by atoms with Gasteiger partial charge in [0.05, 0.1) is 0 Å². The molecule has 0 saturated carbocycles. The monoisotopic (exact) mass is 146 g/mol. The first-order chi connectivity index (χ1) is 4.31. The van der Waals surface area contributed by atoms with Gasteiger partial charge in [0.1, 0.15) is 0 Å². The number of hydrogen-bond acceptors (Lipinski definition) is 3. The van der Waals surface area contributed by atoms with Gasteiger partial charge in [-0.1, -0.05) is 0 Å². The Labute approximate surface area is 56.6 Å². The van der Waals surface area contributed by atoms with Crippen molar-refractivity contribution in [1.29, 1.82) is 0 Å². The average Bonchev–Trinajstić information content (AvgIpc) is 1.85. The van der Waals surface area contributed by atoms with Crippen LogP contribution in [-0.4, -0.2) is 19.9 Å². The third-order valence-corrected chi connectivity index (χ3v) is 0.681. The van der Waals surface area contributed by atoms with Crippen LogP contribution in [0.15, 0.2) is 4.67 Å². The van der Waals surface area contributed by atoms with Gasteiger partial charge in [0, 0.05) is 0 Å². The van der Waals surface area contributed by atoms with E-state index in [0.29, 0.717) is 6.61 Å². The summed E-state index contributed by atoms with van der Waals surface area (Å²) >= 11 is 0. The van der Waals surface area contributed by atoms with Crippen LogP contribution in [0, 0.1) is 0 Å². The molecule has 0 fully saturated rings. The standard InChI is InChI=1S/C3H8BN2O2P/c1-2-8-3(7)5-4-6-9/h2,9H2,1H3,(H,5,7). The molecule has 0 aliphatic heterocycles. The van der Waals surface area contributed by atoms with E-state index >= 15 is 0 Å². The summed E-state index contributed by atoms with van der Waals surface area (Å²) in [6.45, 7) is 2.11. The molecule has 1 unspecified atom stereocenters. The SMILES string of the molecule is CCOC(=O)N/B=N/P. The van der Waals surface area contributed by atoms with Gasteiger partial charge in [0.25, 0.3) is 0 Å². The molecule has 0 radical (unpaired) electrons. The summed E-state index contributed by atoms with van der Waals surface area (Å²) in [6.07, 6.45) is -0.483. The van der Waals surface area contributed by atoms with Crippen molar-refractivity contribution in [1.82, 2.24) is 5.23 Å². The molecular formula is C3H8BN2O2P. The van der Waals surface area contributed by atoms with Gasteiger partial charge in [-0.25, -0.2) is 0 Å². The van der Waals surface area contributed by atoms with Crippen LogP contribution in [0.4, 0.5) is 4.79 Å². The minimum atomic E-state index is -0.483. The Morgan fingerprint density at radius 2 is 2.67 bits per heavy atom. The molecule has 0 spiro atoms. The van der Waals surface area contributed by atoms with Gasteiger partial charge in [-0.3, -0.25) is 0 Å². The molecule has 1 N–H and O–H groups in total. The van der Waals surface area contributed by atoms with Crippen molar-refractivity contribution in [3.8, 4) is 0 Å². The van der Waals surface area contributed by atoms with Gasteiger partial charge in [-0.2, -0.15) is 0 Å². The quantitative estimate of drug-likeness (QED) is 0.450. The maximum atomic E-state index is 10.4. The topological polar surface area (TPSA) is 50.7 Å². The van der Waals surface area contributed by atoms with Crippen molar-refractivity contribution in [2.24, 2.45) is 4.67 Å². The summed E-state index contributed by atoms with van der Waals surface area (Å²) in [7, 11) is 3.32. The first-order valence-electron chi connectivity index (χ1n) is 2.46. The molecule has 0 aromatic carbocycles. The number of carbonyl (C=O) groups excluding carboxylic acids is 1. The molecule has 0 aromatic heterocycles. The summed E-state index contributed by atoms with van der Waals surface area (Å²) < 4.78 is 7.93. The summed E-state index contributed by atoms with van der Waals surface area (Å²) in [5.41, 5.74) is 0. The second kappa shape index (κ2) is 5.70. The van der Waals surface area contributed by atoms with Gasteiger partial charge < -0.3 is 0 Å². The van der Waals surface area contributed by atoms with Crippen LogP contribution in [0.2, 0.25) is 0 Å². The van der Waals surface area contributed by atoms with Crippen LogP contribution in [0.5, 0.6) is 0 Å². The van der Waals surface area contributed by atoms with Crippen molar-refractivity contribution in [3.05, 3.63) is 0 Å². The van der Waals surface area contributed by atoms with Crippen molar-refractivity contribution >= 4 is 22.7 Å². The van der Waals surface area contributed by atoms with Crippen LogP contribution < -0.4 is 5.23 Å². The molecule has 0 aliphatic rings. The summed E-state index contributed by atoms with van der Waals surface area (Å²) in [5.74, 6) is 0. The van der Waals surface area contributed by atoms with Gasteiger partial charge in [0.15, 0.2) is 0 Å². The van der Waals surface area contributed by atoms with Crippen LogP contribution in [0.3, 0.4) is 0 Å². The van der Waals surface area contributed by atoms with Crippen LogP contribution in [0.1, 0.15) is 6.92 Å². The Hall–Kier alpha value is -0.435. The summed E-state index contributed by atoms with van der Waals surface area (Å²) in [4.78, 5) is 10.4. The van der Waals surface area contributed by atoms with E-state index in [1.807, 2.05) is 0 Å². The zero-order valence-corrected chi connectivity index (χ0v) is 6.28. The predicted molar refractivity (Wildman–Crippen MR) is 38.0 cm³/mol. The second-order valence-electron chi connectivity index (χ2n) is 1.14. The molecule has 4 nitrogen and oxygen atoms in total. The number of nitrogens with one attached hydrogen (secondary N) is 1. The Bertz CT molecular complexity index is 118. The van der Waals surface area contributed by atoms with E-state index < -0.39 is 6.09 Å². The van der Waals surface area contributed by atoms with E-state index in [-0.39, 0.29) is 0 Å². The summed E-state index contributed by atoms with van der Waals surface area (Å²) in [5, 5.41) is 2.26.